The van der Waals surface area contributed by atoms with Gasteiger partial charge >= 0.3 is 0 Å². The number of halogens is 1. The molecule has 0 spiro atoms. The highest BCUT2D eigenvalue weighted by atomic mass is 19.1. The molecule has 0 amide bonds. The zero-order valence-electron chi connectivity index (χ0n) is 7.68. The lowest BCUT2D eigenvalue weighted by atomic mass is 10.1. The Morgan fingerprint density at radius 2 is 2.23 bits per heavy atom. The van der Waals surface area contributed by atoms with Crippen molar-refractivity contribution in [3.05, 3.63) is 35.1 Å². The lowest BCUT2D eigenvalue weighted by molar-refractivity contribution is 0.292. The molecule has 0 radical (unpaired) electrons. The highest BCUT2D eigenvalue weighted by Crippen LogP contribution is 2.08. The third kappa shape index (κ3) is 3.13. The summed E-state index contributed by atoms with van der Waals surface area (Å²) in [6.45, 7) is 2.97. The van der Waals surface area contributed by atoms with Gasteiger partial charge in [-0.05, 0) is 24.1 Å². The quantitative estimate of drug-likeness (QED) is 0.688. The zero-order valence-corrected chi connectivity index (χ0v) is 7.68. The number of hydrogen-bond acceptors (Lipinski definition) is 2. The fraction of sp³-hybridized carbons (Fsp3) is 0.400. The van der Waals surface area contributed by atoms with Gasteiger partial charge in [0, 0.05) is 13.1 Å². The molecule has 2 nitrogen and oxygen atoms in total. The van der Waals surface area contributed by atoms with E-state index in [1.54, 1.807) is 13.0 Å². The topological polar surface area (TPSA) is 32.3 Å². The minimum absolute atomic E-state index is 0.105. The van der Waals surface area contributed by atoms with E-state index >= 15 is 0 Å². The number of aliphatic hydroxyl groups excluding tert-OH is 1. The number of rotatable bonds is 4. The highest BCUT2D eigenvalue weighted by molar-refractivity contribution is 5.23. The van der Waals surface area contributed by atoms with Crippen LogP contribution in [0.15, 0.2) is 18.2 Å². The summed E-state index contributed by atoms with van der Waals surface area (Å²) in [4.78, 5) is 0. The molecule has 0 unspecified atom stereocenters. The predicted octanol–water partition coefficient (Wildman–Crippen LogP) is 1.22. The Morgan fingerprint density at radius 1 is 1.46 bits per heavy atom. The van der Waals surface area contributed by atoms with Crippen molar-refractivity contribution in [2.45, 2.75) is 13.5 Å². The molecule has 0 aliphatic heterocycles. The lowest BCUT2D eigenvalue weighted by Crippen LogP contribution is -2.17. The molecular formula is C10H14FNO. The van der Waals surface area contributed by atoms with Crippen molar-refractivity contribution in [2.75, 3.05) is 13.2 Å². The lowest BCUT2D eigenvalue weighted by Gasteiger charge is -2.04. The van der Waals surface area contributed by atoms with Gasteiger partial charge in [0.25, 0.3) is 0 Å². The Bertz CT molecular complexity index is 276. The Balaban J connectivity index is 2.53. The molecule has 2 N–H and O–H groups in total. The Labute approximate surface area is 77.4 Å². The van der Waals surface area contributed by atoms with Crippen LogP contribution in [0.2, 0.25) is 0 Å². The summed E-state index contributed by atoms with van der Waals surface area (Å²) in [6.07, 6.45) is 0. The second-order valence-electron chi connectivity index (χ2n) is 2.98. The van der Waals surface area contributed by atoms with E-state index in [1.807, 2.05) is 6.07 Å². The van der Waals surface area contributed by atoms with E-state index in [-0.39, 0.29) is 12.4 Å². The maximum absolute atomic E-state index is 13.0. The molecule has 13 heavy (non-hydrogen) atoms. The molecule has 1 aromatic rings. The van der Waals surface area contributed by atoms with E-state index in [0.717, 1.165) is 5.56 Å². The molecule has 0 aliphatic carbocycles. The van der Waals surface area contributed by atoms with Crippen molar-refractivity contribution >= 4 is 0 Å². The van der Waals surface area contributed by atoms with Gasteiger partial charge in [0.15, 0.2) is 0 Å². The molecule has 0 atom stereocenters. The van der Waals surface area contributed by atoms with Crippen LogP contribution < -0.4 is 5.32 Å². The third-order valence-corrected chi connectivity index (χ3v) is 1.85. The summed E-state index contributed by atoms with van der Waals surface area (Å²) in [5.74, 6) is -0.178. The second kappa shape index (κ2) is 4.94. The van der Waals surface area contributed by atoms with Gasteiger partial charge < -0.3 is 10.4 Å². The summed E-state index contributed by atoms with van der Waals surface area (Å²) in [7, 11) is 0. The first-order valence-corrected chi connectivity index (χ1v) is 4.30. The zero-order chi connectivity index (χ0) is 9.68. The molecule has 0 aliphatic rings. The van der Waals surface area contributed by atoms with Crippen LogP contribution in [0.1, 0.15) is 11.1 Å². The second-order valence-corrected chi connectivity index (χ2v) is 2.98. The van der Waals surface area contributed by atoms with E-state index in [1.165, 1.54) is 6.07 Å². The molecule has 0 fully saturated rings. The third-order valence-electron chi connectivity index (χ3n) is 1.85. The molecule has 1 rings (SSSR count). The predicted molar refractivity (Wildman–Crippen MR) is 49.9 cm³/mol. The summed E-state index contributed by atoms with van der Waals surface area (Å²) < 4.78 is 13.0. The molecular weight excluding hydrogens is 169 g/mol. The first-order valence-electron chi connectivity index (χ1n) is 4.30. The molecule has 0 aromatic heterocycles. The smallest absolute Gasteiger partial charge is 0.126 e. The first-order chi connectivity index (χ1) is 6.24. The minimum Gasteiger partial charge on any atom is -0.395 e. The van der Waals surface area contributed by atoms with Gasteiger partial charge in [0.1, 0.15) is 5.82 Å². The van der Waals surface area contributed by atoms with E-state index in [9.17, 15) is 4.39 Å². The molecule has 0 saturated carbocycles. The molecule has 0 heterocycles. The minimum atomic E-state index is -0.178. The summed E-state index contributed by atoms with van der Waals surface area (Å²) in [5, 5.41) is 11.5. The van der Waals surface area contributed by atoms with Crippen molar-refractivity contribution in [1.29, 1.82) is 0 Å². The average Bonchev–Trinajstić information content (AvgIpc) is 2.12. The van der Waals surface area contributed by atoms with Gasteiger partial charge in [-0.15, -0.1) is 0 Å². The maximum Gasteiger partial charge on any atom is 0.126 e. The number of aliphatic hydroxyl groups is 1. The summed E-state index contributed by atoms with van der Waals surface area (Å²) in [5.41, 5.74) is 1.56. The maximum atomic E-state index is 13.0. The van der Waals surface area contributed by atoms with E-state index < -0.39 is 0 Å². The molecule has 3 heteroatoms. The highest BCUT2D eigenvalue weighted by Gasteiger charge is 1.98. The number of nitrogens with one attached hydrogen (secondary N) is 1. The standard InChI is InChI=1S/C10H14FNO/c1-8-2-3-9(6-10(8)11)7-12-4-5-13/h2-3,6,12-13H,4-5,7H2,1H3. The fourth-order valence-electron chi connectivity index (χ4n) is 1.06. The first kappa shape index (κ1) is 10.2. The van der Waals surface area contributed by atoms with Crippen LogP contribution in [0.4, 0.5) is 4.39 Å². The van der Waals surface area contributed by atoms with E-state index in [4.69, 9.17) is 5.11 Å². The normalized spacial score (nSPS) is 10.4. The van der Waals surface area contributed by atoms with Gasteiger partial charge in [-0.2, -0.15) is 0 Å². The Morgan fingerprint density at radius 3 is 2.85 bits per heavy atom. The number of hydrogen-bond donors (Lipinski definition) is 2. The van der Waals surface area contributed by atoms with Gasteiger partial charge in [-0.3, -0.25) is 0 Å². The van der Waals surface area contributed by atoms with Crippen LogP contribution in [0.5, 0.6) is 0 Å². The van der Waals surface area contributed by atoms with E-state index in [0.29, 0.717) is 18.7 Å². The average molecular weight is 183 g/mol. The van der Waals surface area contributed by atoms with Crippen LogP contribution in [0.25, 0.3) is 0 Å². The number of aryl methyl sites for hydroxylation is 1. The molecule has 1 aromatic carbocycles. The van der Waals surface area contributed by atoms with Crippen LogP contribution in [0.3, 0.4) is 0 Å². The van der Waals surface area contributed by atoms with Crippen LogP contribution in [-0.2, 0) is 6.54 Å². The fourth-order valence-corrected chi connectivity index (χ4v) is 1.06. The van der Waals surface area contributed by atoms with Crippen molar-refractivity contribution in [3.8, 4) is 0 Å². The molecule has 72 valence electrons. The number of benzene rings is 1. The Hall–Kier alpha value is -0.930. The van der Waals surface area contributed by atoms with Gasteiger partial charge in [0.2, 0.25) is 0 Å². The van der Waals surface area contributed by atoms with Crippen LogP contribution >= 0.6 is 0 Å². The van der Waals surface area contributed by atoms with Gasteiger partial charge in [-0.25, -0.2) is 4.39 Å². The monoisotopic (exact) mass is 183 g/mol. The van der Waals surface area contributed by atoms with Gasteiger partial charge in [0.05, 0.1) is 6.61 Å². The molecule has 0 bridgehead atoms. The van der Waals surface area contributed by atoms with Crippen molar-refractivity contribution in [1.82, 2.24) is 5.32 Å². The van der Waals surface area contributed by atoms with E-state index in [2.05, 4.69) is 5.32 Å². The van der Waals surface area contributed by atoms with Crippen molar-refractivity contribution < 1.29 is 9.50 Å². The van der Waals surface area contributed by atoms with Gasteiger partial charge in [-0.1, -0.05) is 12.1 Å². The largest absolute Gasteiger partial charge is 0.395 e. The summed E-state index contributed by atoms with van der Waals surface area (Å²) in [6, 6.07) is 5.15. The SMILES string of the molecule is Cc1ccc(CNCCO)cc1F. The van der Waals surface area contributed by atoms with Crippen LogP contribution in [0, 0.1) is 12.7 Å². The molecule has 0 saturated heterocycles. The van der Waals surface area contributed by atoms with Crippen molar-refractivity contribution in [3.63, 3.8) is 0 Å². The van der Waals surface area contributed by atoms with Crippen LogP contribution in [-0.4, -0.2) is 18.3 Å². The Kier molecular flexibility index (Phi) is 3.86. The van der Waals surface area contributed by atoms with Crippen molar-refractivity contribution in [2.24, 2.45) is 0 Å². The summed E-state index contributed by atoms with van der Waals surface area (Å²) >= 11 is 0.